The normalized spacial score (nSPS) is 17.6. The van der Waals surface area contributed by atoms with Gasteiger partial charge in [-0.05, 0) is 7.05 Å². The smallest absolute Gasteiger partial charge is 0.111 e. The molecule has 0 aliphatic carbocycles. The molecule has 4 unspecified atom stereocenters. The summed E-state index contributed by atoms with van der Waals surface area (Å²) in [7, 11) is 1.57. The van der Waals surface area contributed by atoms with Crippen LogP contribution < -0.4 is 5.32 Å². The molecule has 0 amide bonds. The lowest BCUT2D eigenvalue weighted by molar-refractivity contribution is -0.113. The molecule has 0 saturated heterocycles. The van der Waals surface area contributed by atoms with E-state index in [4.69, 9.17) is 30.6 Å². The predicted octanol–water partition coefficient (Wildman–Crippen LogP) is -4.39. The van der Waals surface area contributed by atoms with Crippen LogP contribution in [0, 0.1) is 0 Å². The van der Waals surface area contributed by atoms with E-state index in [9.17, 15) is 5.11 Å². The molecule has 0 aromatic heterocycles. The number of hydrogen-bond acceptors (Lipinski definition) is 8. The van der Waals surface area contributed by atoms with Gasteiger partial charge >= 0.3 is 0 Å². The van der Waals surface area contributed by atoms with Crippen molar-refractivity contribution in [3.05, 3.63) is 0 Å². The van der Waals surface area contributed by atoms with E-state index in [1.165, 1.54) is 0 Å². The first kappa shape index (κ1) is 19.0. The lowest BCUT2D eigenvalue weighted by atomic mass is 10.0. The summed E-state index contributed by atoms with van der Waals surface area (Å²) in [6.07, 6.45) is -5.65. The average molecular weight is 257 g/mol. The van der Waals surface area contributed by atoms with E-state index in [1.54, 1.807) is 7.05 Å². The van der Waals surface area contributed by atoms with E-state index in [2.05, 4.69) is 5.32 Å². The van der Waals surface area contributed by atoms with Crippen molar-refractivity contribution >= 4 is 0 Å². The Balaban J connectivity index is 0. The summed E-state index contributed by atoms with van der Waals surface area (Å²) in [6, 6.07) is 0. The SMILES string of the molecule is CNCC(O)C(O)C(O)C(O)CO.OCCO. The molecule has 0 aliphatic heterocycles. The van der Waals surface area contributed by atoms with Crippen molar-refractivity contribution in [2.75, 3.05) is 33.4 Å². The van der Waals surface area contributed by atoms with Crippen molar-refractivity contribution in [1.29, 1.82) is 0 Å². The summed E-state index contributed by atoms with van der Waals surface area (Å²) < 4.78 is 0. The van der Waals surface area contributed by atoms with E-state index in [1.807, 2.05) is 0 Å². The van der Waals surface area contributed by atoms with Gasteiger partial charge < -0.3 is 41.1 Å². The van der Waals surface area contributed by atoms with Crippen LogP contribution in [0.4, 0.5) is 0 Å². The van der Waals surface area contributed by atoms with E-state index < -0.39 is 31.0 Å². The number of aliphatic hydroxyl groups excluding tert-OH is 7. The summed E-state index contributed by atoms with van der Waals surface area (Å²) in [5.74, 6) is 0. The van der Waals surface area contributed by atoms with E-state index >= 15 is 0 Å². The van der Waals surface area contributed by atoms with Gasteiger partial charge in [-0.15, -0.1) is 0 Å². The van der Waals surface area contributed by atoms with Gasteiger partial charge in [-0.1, -0.05) is 0 Å². The van der Waals surface area contributed by atoms with E-state index in [-0.39, 0.29) is 19.8 Å². The summed E-state index contributed by atoms with van der Waals surface area (Å²) in [6.45, 7) is -0.819. The van der Waals surface area contributed by atoms with Crippen molar-refractivity contribution in [2.24, 2.45) is 0 Å². The number of aliphatic hydroxyl groups is 7. The maximum absolute atomic E-state index is 9.21. The second-order valence-corrected chi connectivity index (χ2v) is 3.30. The lowest BCUT2D eigenvalue weighted by Crippen LogP contribution is -2.48. The summed E-state index contributed by atoms with van der Waals surface area (Å²) >= 11 is 0. The Morgan fingerprint density at radius 3 is 1.53 bits per heavy atom. The fraction of sp³-hybridized carbons (Fsp3) is 1.00. The molecule has 106 valence electrons. The summed E-state index contributed by atoms with van der Waals surface area (Å²) in [5, 5.41) is 62.7. The fourth-order valence-electron chi connectivity index (χ4n) is 0.893. The minimum atomic E-state index is -1.55. The van der Waals surface area contributed by atoms with Crippen LogP contribution in [0.15, 0.2) is 0 Å². The number of nitrogens with one attached hydrogen (secondary N) is 1. The zero-order valence-corrected chi connectivity index (χ0v) is 9.77. The highest BCUT2D eigenvalue weighted by atomic mass is 16.4. The lowest BCUT2D eigenvalue weighted by Gasteiger charge is -2.25. The van der Waals surface area contributed by atoms with Crippen LogP contribution in [0.2, 0.25) is 0 Å². The van der Waals surface area contributed by atoms with Crippen molar-refractivity contribution in [3.63, 3.8) is 0 Å². The molecule has 8 nitrogen and oxygen atoms in total. The third-order valence-electron chi connectivity index (χ3n) is 1.84. The van der Waals surface area contributed by atoms with Gasteiger partial charge in [0.05, 0.1) is 25.9 Å². The monoisotopic (exact) mass is 257 g/mol. The van der Waals surface area contributed by atoms with Crippen molar-refractivity contribution < 1.29 is 35.7 Å². The molecule has 0 aromatic rings. The van der Waals surface area contributed by atoms with Gasteiger partial charge in [0, 0.05) is 6.54 Å². The molecule has 0 fully saturated rings. The summed E-state index contributed by atoms with van der Waals surface area (Å²) in [4.78, 5) is 0. The van der Waals surface area contributed by atoms with Gasteiger partial charge in [-0.25, -0.2) is 0 Å². The molecule has 0 aliphatic rings. The van der Waals surface area contributed by atoms with Crippen molar-refractivity contribution in [1.82, 2.24) is 5.32 Å². The first-order valence-corrected chi connectivity index (χ1v) is 5.15. The van der Waals surface area contributed by atoms with Crippen LogP contribution in [0.5, 0.6) is 0 Å². The quantitative estimate of drug-likeness (QED) is 0.227. The van der Waals surface area contributed by atoms with Crippen LogP contribution >= 0.6 is 0 Å². The largest absolute Gasteiger partial charge is 0.394 e. The van der Waals surface area contributed by atoms with Crippen molar-refractivity contribution in [3.8, 4) is 0 Å². The second-order valence-electron chi connectivity index (χ2n) is 3.30. The van der Waals surface area contributed by atoms with Gasteiger partial charge in [0.2, 0.25) is 0 Å². The zero-order chi connectivity index (χ0) is 13.8. The molecule has 8 N–H and O–H groups in total. The Morgan fingerprint density at radius 1 is 0.824 bits per heavy atom. The van der Waals surface area contributed by atoms with Gasteiger partial charge in [0.25, 0.3) is 0 Å². The third-order valence-corrected chi connectivity index (χ3v) is 1.84. The second kappa shape index (κ2) is 12.1. The number of hydrogen-bond donors (Lipinski definition) is 8. The average Bonchev–Trinajstić information content (AvgIpc) is 2.36. The van der Waals surface area contributed by atoms with Gasteiger partial charge in [0.15, 0.2) is 0 Å². The highest BCUT2D eigenvalue weighted by Crippen LogP contribution is 2.04. The Labute approximate surface area is 99.8 Å². The first-order valence-electron chi connectivity index (χ1n) is 5.15. The fourth-order valence-corrected chi connectivity index (χ4v) is 0.893. The third kappa shape index (κ3) is 9.39. The zero-order valence-electron chi connectivity index (χ0n) is 9.77. The predicted molar refractivity (Wildman–Crippen MR) is 59.2 cm³/mol. The molecule has 17 heavy (non-hydrogen) atoms. The minimum Gasteiger partial charge on any atom is -0.394 e. The van der Waals surface area contributed by atoms with Gasteiger partial charge in [-0.2, -0.15) is 0 Å². The molecule has 0 rings (SSSR count). The highest BCUT2D eigenvalue weighted by Gasteiger charge is 2.29. The molecular formula is C9H23NO7. The molecular weight excluding hydrogens is 234 g/mol. The number of rotatable bonds is 7. The molecule has 0 aromatic carbocycles. The van der Waals surface area contributed by atoms with Crippen LogP contribution in [0.25, 0.3) is 0 Å². The summed E-state index contributed by atoms with van der Waals surface area (Å²) in [5.41, 5.74) is 0. The molecule has 8 heteroatoms. The van der Waals surface area contributed by atoms with Crippen LogP contribution in [-0.4, -0.2) is 93.6 Å². The van der Waals surface area contributed by atoms with E-state index in [0.717, 1.165) is 0 Å². The Kier molecular flexibility index (Phi) is 13.6. The maximum atomic E-state index is 9.21. The molecule has 4 atom stereocenters. The Morgan fingerprint density at radius 2 is 1.24 bits per heavy atom. The highest BCUT2D eigenvalue weighted by molar-refractivity contribution is 4.81. The maximum Gasteiger partial charge on any atom is 0.111 e. The molecule has 0 spiro atoms. The number of likely N-dealkylation sites (N-methyl/N-ethyl adjacent to an activating group) is 1. The van der Waals surface area contributed by atoms with Crippen LogP contribution in [0.3, 0.4) is 0 Å². The standard InChI is InChI=1S/C7H17NO5.C2H6O2/c1-8-2-4(10)6(12)7(13)5(11)3-9;3-1-2-4/h4-13H,2-3H2,1H3;3-4H,1-2H2. The van der Waals surface area contributed by atoms with Crippen LogP contribution in [-0.2, 0) is 0 Å². The molecule has 0 bridgehead atoms. The topological polar surface area (TPSA) is 154 Å². The molecule has 0 saturated carbocycles. The van der Waals surface area contributed by atoms with Gasteiger partial charge in [0.1, 0.15) is 18.3 Å². The minimum absolute atomic E-state index is 0.0936. The Bertz CT molecular complexity index is 158. The van der Waals surface area contributed by atoms with Gasteiger partial charge in [-0.3, -0.25) is 0 Å². The van der Waals surface area contributed by atoms with E-state index in [0.29, 0.717) is 0 Å². The van der Waals surface area contributed by atoms with Crippen LogP contribution in [0.1, 0.15) is 0 Å². The van der Waals surface area contributed by atoms with Crippen molar-refractivity contribution in [2.45, 2.75) is 24.4 Å². The molecule has 0 radical (unpaired) electrons. The Hall–Kier alpha value is -0.320. The molecule has 0 heterocycles. The first-order chi connectivity index (χ1) is 7.95.